The van der Waals surface area contributed by atoms with Crippen LogP contribution < -0.4 is 20.7 Å². The standard InChI is InChI=1S/C19H14N4O4/c1-10-2-4-13-12(6-10)16-17(21-13)18(24)23(19(25)22-16)20-8-11-3-5-14-15(7-11)27-9-26-14/h2-8,21H,9H2,1H3,(H,22,25). The van der Waals surface area contributed by atoms with Crippen LogP contribution in [-0.4, -0.2) is 27.7 Å². The van der Waals surface area contributed by atoms with Gasteiger partial charge in [-0.15, -0.1) is 4.68 Å². The van der Waals surface area contributed by atoms with E-state index in [2.05, 4.69) is 15.1 Å². The monoisotopic (exact) mass is 362 g/mol. The molecule has 0 saturated carbocycles. The van der Waals surface area contributed by atoms with Crippen LogP contribution in [-0.2, 0) is 0 Å². The average Bonchev–Trinajstić information content (AvgIpc) is 3.26. The fourth-order valence-corrected chi connectivity index (χ4v) is 3.18. The molecule has 0 spiro atoms. The molecule has 3 heterocycles. The first-order valence-electron chi connectivity index (χ1n) is 8.31. The number of nitrogens with zero attached hydrogens (tertiary/aromatic N) is 2. The lowest BCUT2D eigenvalue weighted by Gasteiger charge is -1.99. The van der Waals surface area contributed by atoms with Gasteiger partial charge in [0.05, 0.1) is 11.7 Å². The van der Waals surface area contributed by atoms with Gasteiger partial charge in [-0.3, -0.25) is 4.79 Å². The third kappa shape index (κ3) is 2.42. The van der Waals surface area contributed by atoms with Crippen molar-refractivity contribution in [1.82, 2.24) is 14.6 Å². The first-order chi connectivity index (χ1) is 13.1. The molecule has 8 nitrogen and oxygen atoms in total. The van der Waals surface area contributed by atoms with Crippen LogP contribution in [0, 0.1) is 6.92 Å². The van der Waals surface area contributed by atoms with Gasteiger partial charge in [0.2, 0.25) is 6.79 Å². The minimum atomic E-state index is -0.605. The fourth-order valence-electron chi connectivity index (χ4n) is 3.18. The van der Waals surface area contributed by atoms with Crippen LogP contribution >= 0.6 is 0 Å². The predicted octanol–water partition coefficient (Wildman–Crippen LogP) is 2.09. The topological polar surface area (TPSA) is 101 Å². The Bertz CT molecular complexity index is 1360. The van der Waals surface area contributed by atoms with Gasteiger partial charge in [0.15, 0.2) is 11.5 Å². The van der Waals surface area contributed by atoms with Gasteiger partial charge < -0.3 is 19.4 Å². The number of aryl methyl sites for hydroxylation is 1. The predicted molar refractivity (Wildman–Crippen MR) is 101 cm³/mol. The Morgan fingerprint density at radius 3 is 2.78 bits per heavy atom. The largest absolute Gasteiger partial charge is 0.454 e. The molecule has 4 aromatic rings. The van der Waals surface area contributed by atoms with Gasteiger partial charge in [-0.25, -0.2) is 4.79 Å². The molecule has 0 bridgehead atoms. The molecule has 0 unspecified atom stereocenters. The van der Waals surface area contributed by atoms with Crippen molar-refractivity contribution in [3.8, 4) is 11.5 Å². The van der Waals surface area contributed by atoms with Crippen LogP contribution in [0.5, 0.6) is 11.5 Å². The van der Waals surface area contributed by atoms with E-state index in [4.69, 9.17) is 9.47 Å². The van der Waals surface area contributed by atoms with Crippen molar-refractivity contribution in [3.63, 3.8) is 0 Å². The zero-order chi connectivity index (χ0) is 18.5. The second-order valence-corrected chi connectivity index (χ2v) is 6.33. The minimum absolute atomic E-state index is 0.172. The Labute approximate surface area is 151 Å². The van der Waals surface area contributed by atoms with E-state index in [-0.39, 0.29) is 6.79 Å². The molecular weight excluding hydrogens is 348 g/mol. The lowest BCUT2D eigenvalue weighted by Crippen LogP contribution is -2.32. The molecular formula is C19H14N4O4. The zero-order valence-electron chi connectivity index (χ0n) is 14.3. The van der Waals surface area contributed by atoms with Gasteiger partial charge in [-0.05, 0) is 42.8 Å². The number of fused-ring (bicyclic) bond motifs is 4. The number of H-pyrrole nitrogens is 2. The lowest BCUT2D eigenvalue weighted by atomic mass is 10.2. The highest BCUT2D eigenvalue weighted by atomic mass is 16.7. The molecule has 0 fully saturated rings. The third-order valence-corrected chi connectivity index (χ3v) is 4.50. The molecule has 0 amide bonds. The molecule has 2 N–H and O–H groups in total. The van der Waals surface area contributed by atoms with Crippen LogP contribution in [0.1, 0.15) is 11.1 Å². The van der Waals surface area contributed by atoms with Gasteiger partial charge in [0.1, 0.15) is 5.52 Å². The van der Waals surface area contributed by atoms with Crippen LogP contribution in [0.4, 0.5) is 0 Å². The third-order valence-electron chi connectivity index (χ3n) is 4.50. The number of nitrogens with one attached hydrogen (secondary N) is 2. The van der Waals surface area contributed by atoms with E-state index < -0.39 is 11.2 Å². The lowest BCUT2D eigenvalue weighted by molar-refractivity contribution is 0.174. The van der Waals surface area contributed by atoms with E-state index in [0.29, 0.717) is 28.1 Å². The van der Waals surface area contributed by atoms with Crippen molar-refractivity contribution in [2.75, 3.05) is 6.79 Å². The summed E-state index contributed by atoms with van der Waals surface area (Å²) in [7, 11) is 0. The van der Waals surface area contributed by atoms with Crippen LogP contribution in [0.3, 0.4) is 0 Å². The fraction of sp³-hybridized carbons (Fsp3) is 0.105. The van der Waals surface area contributed by atoms with Crippen molar-refractivity contribution in [1.29, 1.82) is 0 Å². The summed E-state index contributed by atoms with van der Waals surface area (Å²) in [5, 5.41) is 4.86. The molecule has 0 saturated heterocycles. The smallest absolute Gasteiger partial charge is 0.350 e. The van der Waals surface area contributed by atoms with E-state index in [1.54, 1.807) is 18.2 Å². The van der Waals surface area contributed by atoms with E-state index in [1.165, 1.54) is 6.21 Å². The number of hydrogen-bond donors (Lipinski definition) is 2. The van der Waals surface area contributed by atoms with Crippen molar-refractivity contribution < 1.29 is 9.47 Å². The summed E-state index contributed by atoms with van der Waals surface area (Å²) >= 11 is 0. The Morgan fingerprint density at radius 1 is 1.04 bits per heavy atom. The first-order valence-corrected chi connectivity index (χ1v) is 8.31. The highest BCUT2D eigenvalue weighted by Crippen LogP contribution is 2.32. The normalized spacial score (nSPS) is 13.2. The van der Waals surface area contributed by atoms with Gasteiger partial charge in [-0.2, -0.15) is 5.10 Å². The first kappa shape index (κ1) is 15.4. The SMILES string of the molecule is Cc1ccc2[nH]c3c(=O)n(N=Cc4ccc5c(c4)OCO5)c(=O)[nH]c3c2c1. The summed E-state index contributed by atoms with van der Waals surface area (Å²) in [6.07, 6.45) is 1.43. The molecule has 2 aromatic heterocycles. The molecule has 2 aromatic carbocycles. The highest BCUT2D eigenvalue weighted by Gasteiger charge is 2.14. The summed E-state index contributed by atoms with van der Waals surface area (Å²) in [6.45, 7) is 2.12. The second kappa shape index (κ2) is 5.60. The molecule has 134 valence electrons. The second-order valence-electron chi connectivity index (χ2n) is 6.33. The zero-order valence-corrected chi connectivity index (χ0v) is 14.3. The molecule has 0 aliphatic carbocycles. The van der Waals surface area contributed by atoms with Gasteiger partial charge in [0.25, 0.3) is 0 Å². The van der Waals surface area contributed by atoms with Crippen molar-refractivity contribution in [3.05, 3.63) is 68.4 Å². The molecule has 5 rings (SSSR count). The number of aromatic amines is 2. The van der Waals surface area contributed by atoms with Gasteiger partial charge >= 0.3 is 11.2 Å². The molecule has 1 aliphatic rings. The number of hydrogen-bond acceptors (Lipinski definition) is 5. The van der Waals surface area contributed by atoms with Crippen LogP contribution in [0.15, 0.2) is 51.1 Å². The van der Waals surface area contributed by atoms with E-state index in [0.717, 1.165) is 21.1 Å². The maximum Gasteiger partial charge on any atom is 0.350 e. The van der Waals surface area contributed by atoms with Crippen molar-refractivity contribution >= 4 is 28.2 Å². The Kier molecular flexibility index (Phi) is 3.20. The maximum atomic E-state index is 12.8. The Balaban J connectivity index is 1.64. The summed E-state index contributed by atoms with van der Waals surface area (Å²) in [4.78, 5) is 31.0. The summed E-state index contributed by atoms with van der Waals surface area (Å²) in [5.41, 5.74) is 2.16. The van der Waals surface area contributed by atoms with E-state index in [9.17, 15) is 9.59 Å². The summed E-state index contributed by atoms with van der Waals surface area (Å²) < 4.78 is 11.4. The molecule has 0 atom stereocenters. The van der Waals surface area contributed by atoms with Crippen molar-refractivity contribution in [2.45, 2.75) is 6.92 Å². The number of benzene rings is 2. The summed E-state index contributed by atoms with van der Waals surface area (Å²) in [5.74, 6) is 1.25. The number of rotatable bonds is 2. The summed E-state index contributed by atoms with van der Waals surface area (Å²) in [6, 6.07) is 11.0. The van der Waals surface area contributed by atoms with Crippen molar-refractivity contribution in [2.24, 2.45) is 5.10 Å². The Hall–Kier alpha value is -3.81. The average molecular weight is 362 g/mol. The van der Waals surface area contributed by atoms with E-state index in [1.807, 2.05) is 25.1 Å². The van der Waals surface area contributed by atoms with Crippen LogP contribution in [0.2, 0.25) is 0 Å². The Morgan fingerprint density at radius 2 is 1.89 bits per heavy atom. The quantitative estimate of drug-likeness (QED) is 0.533. The minimum Gasteiger partial charge on any atom is -0.454 e. The molecule has 8 heteroatoms. The van der Waals surface area contributed by atoms with Gasteiger partial charge in [0, 0.05) is 10.9 Å². The molecule has 1 aliphatic heterocycles. The number of aromatic nitrogens is 3. The number of ether oxygens (including phenoxy) is 2. The van der Waals surface area contributed by atoms with Crippen LogP contribution in [0.25, 0.3) is 21.9 Å². The van der Waals surface area contributed by atoms with E-state index >= 15 is 0 Å². The molecule has 27 heavy (non-hydrogen) atoms. The molecule has 0 radical (unpaired) electrons. The maximum absolute atomic E-state index is 12.8. The highest BCUT2D eigenvalue weighted by molar-refractivity contribution is 6.04. The van der Waals surface area contributed by atoms with Gasteiger partial charge in [-0.1, -0.05) is 11.6 Å².